The van der Waals surface area contributed by atoms with Crippen LogP contribution in [0.15, 0.2) is 6.07 Å². The van der Waals surface area contributed by atoms with Crippen molar-refractivity contribution in [1.29, 1.82) is 0 Å². The second-order valence-corrected chi connectivity index (χ2v) is 9.01. The molecule has 2 aliphatic rings. The number of rotatable bonds is 6. The van der Waals surface area contributed by atoms with Gasteiger partial charge in [-0.1, -0.05) is 0 Å². The van der Waals surface area contributed by atoms with E-state index in [4.69, 9.17) is 14.2 Å². The third-order valence-corrected chi connectivity index (χ3v) is 7.54. The second kappa shape index (κ2) is 8.88. The van der Waals surface area contributed by atoms with Crippen LogP contribution in [0.1, 0.15) is 38.4 Å². The Kier molecular flexibility index (Phi) is 6.93. The predicted octanol–water partition coefficient (Wildman–Crippen LogP) is -2.77. The monoisotopic (exact) mass is 468 g/mol. The van der Waals surface area contributed by atoms with E-state index < -0.39 is 82.5 Å². The van der Waals surface area contributed by atoms with Gasteiger partial charge in [0.2, 0.25) is 0 Å². The Hall–Kier alpha value is -0.851. The van der Waals surface area contributed by atoms with Crippen molar-refractivity contribution in [2.75, 3.05) is 19.8 Å². The van der Waals surface area contributed by atoms with Gasteiger partial charge in [0.15, 0.2) is 0 Å². The third kappa shape index (κ3) is 3.80. The van der Waals surface area contributed by atoms with Gasteiger partial charge in [0, 0.05) is 0 Å². The van der Waals surface area contributed by atoms with Gasteiger partial charge in [-0.05, 0) is 0 Å². The molecule has 28 heavy (non-hydrogen) atoms. The van der Waals surface area contributed by atoms with Crippen molar-refractivity contribution in [2.45, 2.75) is 55.8 Å². The topological polar surface area (TPSA) is 166 Å². The summed E-state index contributed by atoms with van der Waals surface area (Å²) >= 11 is -0.631. The molecule has 10 nitrogen and oxygen atoms in total. The van der Waals surface area contributed by atoms with E-state index in [0.717, 1.165) is 0 Å². The number of aliphatic hydroxyl groups excluding tert-OH is 6. The van der Waals surface area contributed by atoms with E-state index in [1.54, 1.807) is 6.92 Å². The fraction of sp³-hybridized carbons (Fsp3) is 0.706. The van der Waals surface area contributed by atoms with Crippen LogP contribution in [0.25, 0.3) is 0 Å². The molecule has 2 fully saturated rings. The van der Waals surface area contributed by atoms with Crippen LogP contribution in [-0.4, -0.2) is 108 Å². The predicted molar refractivity (Wildman–Crippen MR) is 92.8 cm³/mol. The molecule has 6 N–H and O–H groups in total. The van der Waals surface area contributed by atoms with Crippen LogP contribution in [-0.2, 0) is 14.2 Å². The summed E-state index contributed by atoms with van der Waals surface area (Å²) in [5, 5.41) is 59.2. The molecule has 0 radical (unpaired) electrons. The minimum absolute atomic E-state index is 0.121. The maximum absolute atomic E-state index is 12.4. The normalized spacial score (nSPS) is 38.1. The van der Waals surface area contributed by atoms with E-state index in [1.165, 1.54) is 6.07 Å². The number of hydrogen-bond acceptors (Lipinski definition) is 10. The Bertz CT molecular complexity index is 693. The fourth-order valence-electron chi connectivity index (χ4n) is 3.40. The first-order valence-electron chi connectivity index (χ1n) is 8.89. The van der Waals surface area contributed by atoms with Crippen molar-refractivity contribution in [3.63, 3.8) is 0 Å². The van der Waals surface area contributed by atoms with Gasteiger partial charge in [0.25, 0.3) is 0 Å². The molecule has 2 saturated heterocycles. The molecule has 0 spiro atoms. The number of ether oxygens (including phenoxy) is 3. The van der Waals surface area contributed by atoms with E-state index in [-0.39, 0.29) is 12.2 Å². The SMILES string of the molecule is CCOC(=O)c1cc([C@@H]2O[C@H](CO)[C@@H](O)[C@H]2O)[se]c1[C@@H]1O[C@H](CO)[C@@H](O)[C@H]1O. The zero-order valence-electron chi connectivity index (χ0n) is 15.0. The quantitative estimate of drug-likeness (QED) is 0.190. The Morgan fingerprint density at radius 2 is 1.54 bits per heavy atom. The van der Waals surface area contributed by atoms with Crippen LogP contribution >= 0.6 is 0 Å². The first-order chi connectivity index (χ1) is 13.3. The standard InChI is InChI=1S/C17H24O10Se/c1-2-25-17(24)6-3-9(14-12(22)10(20)7(4-18)26-14)28-16(6)15-13(23)11(21)8(5-19)27-15/h3,7-8,10-15,18-23H,2,4-5H2,1H3/t7-,8-,10-,11-,12-,13-,14+,15-/m1/s1. The maximum atomic E-state index is 12.4. The van der Waals surface area contributed by atoms with Crippen LogP contribution in [0.5, 0.6) is 0 Å². The number of hydrogen-bond donors (Lipinski definition) is 6. The van der Waals surface area contributed by atoms with Crippen LogP contribution < -0.4 is 0 Å². The van der Waals surface area contributed by atoms with Crippen LogP contribution in [0.2, 0.25) is 0 Å². The number of aliphatic hydroxyl groups is 6. The Morgan fingerprint density at radius 1 is 1.00 bits per heavy atom. The number of esters is 1. The molecule has 0 bridgehead atoms. The molecule has 1 aromatic rings. The molecule has 0 unspecified atom stereocenters. The van der Waals surface area contributed by atoms with Gasteiger partial charge in [-0.3, -0.25) is 0 Å². The van der Waals surface area contributed by atoms with Crippen molar-refractivity contribution >= 4 is 20.5 Å². The molecule has 0 amide bonds. The summed E-state index contributed by atoms with van der Waals surface area (Å²) < 4.78 is 17.0. The van der Waals surface area contributed by atoms with E-state index in [9.17, 15) is 35.4 Å². The Labute approximate surface area is 166 Å². The minimum atomic E-state index is -1.35. The van der Waals surface area contributed by atoms with Crippen molar-refractivity contribution in [2.24, 2.45) is 0 Å². The van der Waals surface area contributed by atoms with Gasteiger partial charge in [-0.15, -0.1) is 0 Å². The van der Waals surface area contributed by atoms with Crippen molar-refractivity contribution in [3.8, 4) is 0 Å². The first-order valence-corrected chi connectivity index (χ1v) is 10.6. The molecule has 158 valence electrons. The molecule has 2 aliphatic heterocycles. The summed E-state index contributed by atoms with van der Waals surface area (Å²) in [6, 6.07) is 1.47. The van der Waals surface area contributed by atoms with Crippen molar-refractivity contribution in [3.05, 3.63) is 20.5 Å². The molecule has 3 rings (SSSR count). The van der Waals surface area contributed by atoms with Gasteiger partial charge in [-0.2, -0.15) is 0 Å². The van der Waals surface area contributed by atoms with Gasteiger partial charge >= 0.3 is 166 Å². The average Bonchev–Trinajstić information content (AvgIpc) is 3.32. The van der Waals surface area contributed by atoms with E-state index in [0.29, 0.717) is 8.87 Å². The molecule has 8 atom stereocenters. The average molecular weight is 467 g/mol. The van der Waals surface area contributed by atoms with Gasteiger partial charge in [0.05, 0.1) is 0 Å². The number of carbonyl (C=O) groups excluding carboxylic acids is 1. The van der Waals surface area contributed by atoms with E-state index >= 15 is 0 Å². The molecule has 0 aromatic carbocycles. The number of carbonyl (C=O) groups is 1. The summed E-state index contributed by atoms with van der Waals surface area (Å²) in [4.78, 5) is 12.4. The fourth-order valence-corrected chi connectivity index (χ4v) is 6.13. The van der Waals surface area contributed by atoms with Crippen LogP contribution in [0.3, 0.4) is 0 Å². The zero-order valence-corrected chi connectivity index (χ0v) is 16.8. The van der Waals surface area contributed by atoms with Gasteiger partial charge in [0.1, 0.15) is 0 Å². The molecular formula is C17H24O10Se. The molecule has 11 heteroatoms. The Balaban J connectivity index is 1.97. The summed E-state index contributed by atoms with van der Waals surface area (Å²) in [6.07, 6.45) is -9.17. The molecule has 3 heterocycles. The third-order valence-electron chi connectivity index (χ3n) is 4.90. The van der Waals surface area contributed by atoms with Gasteiger partial charge < -0.3 is 0 Å². The molecular weight excluding hydrogens is 443 g/mol. The summed E-state index contributed by atoms with van der Waals surface area (Å²) in [7, 11) is 0. The first kappa shape index (κ1) is 21.8. The van der Waals surface area contributed by atoms with E-state index in [1.807, 2.05) is 0 Å². The summed E-state index contributed by atoms with van der Waals surface area (Å²) in [5.41, 5.74) is 0.129. The molecule has 0 saturated carbocycles. The zero-order chi connectivity index (χ0) is 20.6. The van der Waals surface area contributed by atoms with Crippen molar-refractivity contribution in [1.82, 2.24) is 0 Å². The summed E-state index contributed by atoms with van der Waals surface area (Å²) in [6.45, 7) is 0.782. The second-order valence-electron chi connectivity index (χ2n) is 6.66. The summed E-state index contributed by atoms with van der Waals surface area (Å²) in [5.74, 6) is -0.654. The van der Waals surface area contributed by atoms with Crippen molar-refractivity contribution < 1.29 is 49.6 Å². The van der Waals surface area contributed by atoms with Crippen LogP contribution in [0, 0.1) is 0 Å². The van der Waals surface area contributed by atoms with E-state index in [2.05, 4.69) is 0 Å². The molecule has 0 aliphatic carbocycles. The Morgan fingerprint density at radius 3 is 2.04 bits per heavy atom. The molecule has 1 aromatic heterocycles. The van der Waals surface area contributed by atoms with Crippen LogP contribution in [0.4, 0.5) is 0 Å². The van der Waals surface area contributed by atoms with Gasteiger partial charge in [-0.25, -0.2) is 0 Å².